The molecule has 2 aromatic carbocycles. The smallest absolute Gasteiger partial charge is 0.255 e. The van der Waals surface area contributed by atoms with Crippen LogP contribution >= 0.6 is 11.3 Å². The summed E-state index contributed by atoms with van der Waals surface area (Å²) in [5.74, 6) is -0.350. The molecule has 0 bridgehead atoms. The highest BCUT2D eigenvalue weighted by Crippen LogP contribution is 2.25. The Bertz CT molecular complexity index is 1090. The lowest BCUT2D eigenvalue weighted by Crippen LogP contribution is -2.24. The molecule has 0 aliphatic heterocycles. The number of sulfonamides is 1. The number of carbonyl (C=O) groups is 1. The number of fused-ring (bicyclic) bond motifs is 1. The zero-order valence-corrected chi connectivity index (χ0v) is 16.3. The summed E-state index contributed by atoms with van der Waals surface area (Å²) in [6.07, 6.45) is 0. The fourth-order valence-corrected chi connectivity index (χ4v) is 4.54. The third kappa shape index (κ3) is 3.77. The van der Waals surface area contributed by atoms with Crippen molar-refractivity contribution < 1.29 is 13.2 Å². The highest BCUT2D eigenvalue weighted by atomic mass is 32.2. The van der Waals surface area contributed by atoms with Crippen molar-refractivity contribution in [3.05, 3.63) is 52.5 Å². The molecule has 0 fully saturated rings. The molecule has 6 nitrogen and oxygen atoms in total. The lowest BCUT2D eigenvalue weighted by molar-refractivity contribution is 0.102. The minimum atomic E-state index is -3.62. The average Bonchev–Trinajstić information content (AvgIpc) is 2.94. The van der Waals surface area contributed by atoms with Crippen LogP contribution in [0.3, 0.4) is 0 Å². The molecule has 136 valence electrons. The first-order valence-electron chi connectivity index (χ1n) is 8.09. The van der Waals surface area contributed by atoms with Crippen molar-refractivity contribution in [3.63, 3.8) is 0 Å². The first-order chi connectivity index (χ1) is 12.3. The molecule has 8 heteroatoms. The second-order valence-electron chi connectivity index (χ2n) is 5.85. The largest absolute Gasteiger partial charge is 0.322 e. The summed E-state index contributed by atoms with van der Waals surface area (Å²) < 4.78 is 27.8. The van der Waals surface area contributed by atoms with Gasteiger partial charge in [0.1, 0.15) is 0 Å². The molecule has 0 saturated heterocycles. The molecule has 0 aliphatic carbocycles. The minimum absolute atomic E-state index is 0.0728. The Kier molecular flexibility index (Phi) is 5.08. The van der Waals surface area contributed by atoms with E-state index in [1.807, 2.05) is 19.1 Å². The van der Waals surface area contributed by atoms with Gasteiger partial charge >= 0.3 is 0 Å². The van der Waals surface area contributed by atoms with E-state index in [0.29, 0.717) is 16.8 Å². The summed E-state index contributed by atoms with van der Waals surface area (Å²) in [7, 11) is -3.62. The van der Waals surface area contributed by atoms with E-state index in [-0.39, 0.29) is 17.3 Å². The second kappa shape index (κ2) is 7.14. The molecule has 0 unspecified atom stereocenters. The van der Waals surface area contributed by atoms with E-state index in [4.69, 9.17) is 0 Å². The topological polar surface area (TPSA) is 88.2 Å². The highest BCUT2D eigenvalue weighted by molar-refractivity contribution is 7.89. The molecule has 26 heavy (non-hydrogen) atoms. The van der Waals surface area contributed by atoms with Crippen LogP contribution in [0.15, 0.2) is 41.3 Å². The maximum atomic E-state index is 12.7. The van der Waals surface area contributed by atoms with Gasteiger partial charge in [0.15, 0.2) is 0 Å². The number of aromatic nitrogens is 1. The van der Waals surface area contributed by atoms with Gasteiger partial charge < -0.3 is 5.32 Å². The molecular formula is C18H19N3O3S2. The van der Waals surface area contributed by atoms with Crippen molar-refractivity contribution in [1.29, 1.82) is 0 Å². The number of anilines is 1. The summed E-state index contributed by atoms with van der Waals surface area (Å²) in [6.45, 7) is 5.69. The maximum absolute atomic E-state index is 12.7. The molecule has 0 spiro atoms. The Balaban J connectivity index is 1.91. The molecule has 0 saturated carbocycles. The first kappa shape index (κ1) is 18.5. The number of carbonyl (C=O) groups excluding carboxylic acids is 1. The second-order valence-corrected chi connectivity index (χ2v) is 8.85. The van der Waals surface area contributed by atoms with E-state index in [1.165, 1.54) is 12.1 Å². The molecule has 1 aromatic heterocycles. The van der Waals surface area contributed by atoms with Gasteiger partial charge in [0, 0.05) is 17.8 Å². The summed E-state index contributed by atoms with van der Waals surface area (Å²) >= 11 is 1.55. The number of amides is 1. The zero-order chi connectivity index (χ0) is 18.9. The van der Waals surface area contributed by atoms with Crippen LogP contribution in [0, 0.1) is 13.8 Å². The Hall–Kier alpha value is -2.29. The van der Waals surface area contributed by atoms with Gasteiger partial charge in [-0.05, 0) is 49.7 Å². The number of nitrogens with zero attached hydrogens (tertiary/aromatic N) is 1. The van der Waals surface area contributed by atoms with E-state index in [1.54, 1.807) is 37.3 Å². The van der Waals surface area contributed by atoms with Crippen molar-refractivity contribution in [2.24, 2.45) is 0 Å². The third-order valence-corrected chi connectivity index (χ3v) is 6.33. The number of nitrogens with one attached hydrogen (secondary N) is 2. The lowest BCUT2D eigenvalue weighted by atomic mass is 10.1. The Morgan fingerprint density at radius 2 is 1.92 bits per heavy atom. The van der Waals surface area contributed by atoms with Crippen LogP contribution in [0.25, 0.3) is 10.2 Å². The molecule has 0 radical (unpaired) electrons. The first-order valence-corrected chi connectivity index (χ1v) is 10.4. The van der Waals surface area contributed by atoms with Crippen molar-refractivity contribution >= 4 is 43.2 Å². The lowest BCUT2D eigenvalue weighted by Gasteiger charge is -2.11. The van der Waals surface area contributed by atoms with Gasteiger partial charge in [-0.3, -0.25) is 4.79 Å². The van der Waals surface area contributed by atoms with Crippen LogP contribution in [0.5, 0.6) is 0 Å². The van der Waals surface area contributed by atoms with Gasteiger partial charge in [-0.15, -0.1) is 11.3 Å². The molecule has 2 N–H and O–H groups in total. The van der Waals surface area contributed by atoms with Crippen molar-refractivity contribution in [3.8, 4) is 0 Å². The average molecular weight is 390 g/mol. The van der Waals surface area contributed by atoms with E-state index < -0.39 is 10.0 Å². The quantitative estimate of drug-likeness (QED) is 0.699. The van der Waals surface area contributed by atoms with Gasteiger partial charge in [0.2, 0.25) is 10.0 Å². The van der Waals surface area contributed by atoms with E-state index in [9.17, 15) is 13.2 Å². The number of hydrogen-bond acceptors (Lipinski definition) is 5. The minimum Gasteiger partial charge on any atom is -0.322 e. The third-order valence-electron chi connectivity index (χ3n) is 3.85. The predicted octanol–water partition coefficient (Wildman–Crippen LogP) is 3.46. The summed E-state index contributed by atoms with van der Waals surface area (Å²) in [6, 6.07) is 10.0. The summed E-state index contributed by atoms with van der Waals surface area (Å²) in [5.41, 5.74) is 2.56. The zero-order valence-electron chi connectivity index (χ0n) is 14.7. The van der Waals surface area contributed by atoms with Gasteiger partial charge in [-0.2, -0.15) is 0 Å². The van der Waals surface area contributed by atoms with Gasteiger partial charge in [0.05, 0.1) is 20.1 Å². The monoisotopic (exact) mass is 389 g/mol. The van der Waals surface area contributed by atoms with Crippen LogP contribution < -0.4 is 10.0 Å². The number of thiazole rings is 1. The number of benzene rings is 2. The van der Waals surface area contributed by atoms with E-state index in [2.05, 4.69) is 15.0 Å². The predicted molar refractivity (Wildman–Crippen MR) is 104 cm³/mol. The molecule has 0 atom stereocenters. The highest BCUT2D eigenvalue weighted by Gasteiger charge is 2.17. The van der Waals surface area contributed by atoms with Crippen LogP contribution in [-0.4, -0.2) is 25.9 Å². The standard InChI is InChI=1S/C18H19N3O3S2/c1-4-19-26(23,24)14-7-5-11(2)15(10-14)18(22)21-13-6-8-16-17(9-13)25-12(3)20-16/h5-10,19H,4H2,1-3H3,(H,21,22). The maximum Gasteiger partial charge on any atom is 0.255 e. The van der Waals surface area contributed by atoms with Crippen molar-refractivity contribution in [2.75, 3.05) is 11.9 Å². The molecule has 1 heterocycles. The van der Waals surface area contributed by atoms with Gasteiger partial charge in [-0.25, -0.2) is 18.1 Å². The van der Waals surface area contributed by atoms with E-state index >= 15 is 0 Å². The van der Waals surface area contributed by atoms with Crippen molar-refractivity contribution in [2.45, 2.75) is 25.7 Å². The number of hydrogen-bond donors (Lipinski definition) is 2. The normalized spacial score (nSPS) is 11.7. The molecule has 3 aromatic rings. The Morgan fingerprint density at radius 3 is 2.65 bits per heavy atom. The van der Waals surface area contributed by atoms with Crippen molar-refractivity contribution in [1.82, 2.24) is 9.71 Å². The van der Waals surface area contributed by atoms with Crippen LogP contribution in [0.1, 0.15) is 27.9 Å². The van der Waals surface area contributed by atoms with Gasteiger partial charge in [0.25, 0.3) is 5.91 Å². The number of rotatable bonds is 5. The van der Waals surface area contributed by atoms with Crippen LogP contribution in [-0.2, 0) is 10.0 Å². The molecule has 3 rings (SSSR count). The summed E-state index contributed by atoms with van der Waals surface area (Å²) in [4.78, 5) is 17.1. The van der Waals surface area contributed by atoms with Crippen LogP contribution in [0.2, 0.25) is 0 Å². The Labute approximate surface area is 156 Å². The Morgan fingerprint density at radius 1 is 1.15 bits per heavy atom. The van der Waals surface area contributed by atoms with Crippen LogP contribution in [0.4, 0.5) is 5.69 Å². The number of aryl methyl sites for hydroxylation is 2. The van der Waals surface area contributed by atoms with E-state index in [0.717, 1.165) is 15.2 Å². The molecule has 1 amide bonds. The van der Waals surface area contributed by atoms with Gasteiger partial charge in [-0.1, -0.05) is 13.0 Å². The fraction of sp³-hybridized carbons (Fsp3) is 0.222. The molecular weight excluding hydrogens is 370 g/mol. The SMILES string of the molecule is CCNS(=O)(=O)c1ccc(C)c(C(=O)Nc2ccc3nc(C)sc3c2)c1. The summed E-state index contributed by atoms with van der Waals surface area (Å²) in [5, 5.41) is 3.79. The molecule has 0 aliphatic rings. The fourth-order valence-electron chi connectivity index (χ4n) is 2.60.